The van der Waals surface area contributed by atoms with Crippen molar-refractivity contribution < 1.29 is 4.52 Å². The Kier molecular flexibility index (Phi) is 4.95. The molecule has 1 aromatic carbocycles. The fraction of sp³-hybridized carbons (Fsp3) is 0.333. The molecule has 2 atom stereocenters. The Labute approximate surface area is 158 Å². The van der Waals surface area contributed by atoms with Crippen molar-refractivity contribution in [3.63, 3.8) is 0 Å². The minimum absolute atomic E-state index is 0.0867. The summed E-state index contributed by atoms with van der Waals surface area (Å²) in [6, 6.07) is 15.5. The lowest BCUT2D eigenvalue weighted by Gasteiger charge is -2.36. The van der Waals surface area contributed by atoms with Crippen molar-refractivity contribution in [1.29, 1.82) is 5.26 Å². The zero-order chi connectivity index (χ0) is 18.6. The van der Waals surface area contributed by atoms with Gasteiger partial charge >= 0.3 is 0 Å². The van der Waals surface area contributed by atoms with Crippen molar-refractivity contribution in [3.8, 4) is 17.5 Å². The maximum absolute atomic E-state index is 9.09. The van der Waals surface area contributed by atoms with Gasteiger partial charge in [0.15, 0.2) is 0 Å². The van der Waals surface area contributed by atoms with E-state index in [9.17, 15) is 0 Å². The van der Waals surface area contributed by atoms with E-state index in [0.717, 1.165) is 37.2 Å². The molecule has 2 unspecified atom stereocenters. The second-order valence-corrected chi connectivity index (χ2v) is 7.10. The van der Waals surface area contributed by atoms with Crippen LogP contribution in [0.4, 0.5) is 0 Å². The molecule has 0 bridgehead atoms. The molecule has 0 amide bonds. The molecule has 4 rings (SSSR count). The van der Waals surface area contributed by atoms with Crippen molar-refractivity contribution in [2.75, 3.05) is 6.54 Å². The van der Waals surface area contributed by atoms with Gasteiger partial charge in [-0.2, -0.15) is 10.2 Å². The number of rotatable bonds is 4. The Morgan fingerprint density at radius 1 is 1.22 bits per heavy atom. The van der Waals surface area contributed by atoms with Crippen molar-refractivity contribution in [1.82, 2.24) is 20.0 Å². The number of pyridine rings is 1. The van der Waals surface area contributed by atoms with Crippen LogP contribution >= 0.6 is 0 Å². The van der Waals surface area contributed by atoms with E-state index < -0.39 is 0 Å². The molecule has 0 aliphatic carbocycles. The third kappa shape index (κ3) is 3.88. The first-order valence-electron chi connectivity index (χ1n) is 9.21. The van der Waals surface area contributed by atoms with E-state index in [1.165, 1.54) is 0 Å². The molecule has 3 heterocycles. The molecular weight excluding hydrogens is 338 g/mol. The highest BCUT2D eigenvalue weighted by atomic mass is 16.5. The number of likely N-dealkylation sites (tertiary alicyclic amines) is 1. The minimum atomic E-state index is 0.0867. The highest BCUT2D eigenvalue weighted by molar-refractivity contribution is 5.57. The summed E-state index contributed by atoms with van der Waals surface area (Å²) in [6.07, 6.45) is 3.93. The molecule has 0 saturated carbocycles. The molecule has 27 heavy (non-hydrogen) atoms. The molecule has 2 aromatic heterocycles. The van der Waals surface area contributed by atoms with Crippen LogP contribution in [0.5, 0.6) is 0 Å². The van der Waals surface area contributed by atoms with Gasteiger partial charge in [0.25, 0.3) is 0 Å². The van der Waals surface area contributed by atoms with Gasteiger partial charge in [-0.15, -0.1) is 0 Å². The first kappa shape index (κ1) is 17.4. The fourth-order valence-electron chi connectivity index (χ4n) is 3.61. The van der Waals surface area contributed by atoms with E-state index in [0.29, 0.717) is 23.2 Å². The van der Waals surface area contributed by atoms with Gasteiger partial charge in [0.1, 0.15) is 0 Å². The van der Waals surface area contributed by atoms with Crippen LogP contribution in [0.1, 0.15) is 43.0 Å². The lowest BCUT2D eigenvalue weighted by molar-refractivity contribution is 0.0817. The Morgan fingerprint density at radius 3 is 2.96 bits per heavy atom. The Bertz CT molecular complexity index is 946. The Hall–Kier alpha value is -3.04. The number of benzene rings is 1. The first-order valence-corrected chi connectivity index (χ1v) is 9.21. The van der Waals surface area contributed by atoms with Crippen LogP contribution in [0, 0.1) is 17.2 Å². The largest absolute Gasteiger partial charge is 0.337 e. The molecule has 1 aliphatic rings. The number of nitrogens with zero attached hydrogens (tertiary/aromatic N) is 5. The highest BCUT2D eigenvalue weighted by Gasteiger charge is 2.31. The molecule has 0 radical (unpaired) electrons. The van der Waals surface area contributed by atoms with Gasteiger partial charge in [-0.25, -0.2) is 0 Å². The van der Waals surface area contributed by atoms with Crippen LogP contribution < -0.4 is 0 Å². The van der Waals surface area contributed by atoms with Crippen LogP contribution in [-0.4, -0.2) is 26.6 Å². The molecule has 3 aromatic rings. The van der Waals surface area contributed by atoms with Crippen molar-refractivity contribution in [2.45, 2.75) is 32.4 Å². The summed E-state index contributed by atoms with van der Waals surface area (Å²) >= 11 is 0. The summed E-state index contributed by atoms with van der Waals surface area (Å²) in [6.45, 7) is 4.01. The van der Waals surface area contributed by atoms with E-state index in [4.69, 9.17) is 9.78 Å². The summed E-state index contributed by atoms with van der Waals surface area (Å²) in [7, 11) is 0. The molecule has 0 N–H and O–H groups in total. The Balaban J connectivity index is 1.59. The lowest BCUT2D eigenvalue weighted by Crippen LogP contribution is -2.37. The predicted octanol–water partition coefficient (Wildman–Crippen LogP) is 3.98. The van der Waals surface area contributed by atoms with Gasteiger partial charge in [-0.1, -0.05) is 30.3 Å². The minimum Gasteiger partial charge on any atom is -0.337 e. The molecule has 6 nitrogen and oxygen atoms in total. The highest BCUT2D eigenvalue weighted by Crippen LogP contribution is 2.34. The predicted molar refractivity (Wildman–Crippen MR) is 100 cm³/mol. The van der Waals surface area contributed by atoms with Crippen LogP contribution in [0.25, 0.3) is 11.4 Å². The molecule has 136 valence electrons. The smallest absolute Gasteiger partial charge is 0.244 e. The summed E-state index contributed by atoms with van der Waals surface area (Å²) in [5.41, 5.74) is 2.42. The first-order chi connectivity index (χ1) is 13.2. The molecule has 6 heteroatoms. The van der Waals surface area contributed by atoms with Gasteiger partial charge in [0, 0.05) is 24.8 Å². The van der Waals surface area contributed by atoms with Crippen molar-refractivity contribution in [2.24, 2.45) is 5.92 Å². The third-order valence-electron chi connectivity index (χ3n) is 4.99. The Morgan fingerprint density at radius 2 is 2.15 bits per heavy atom. The molecule has 0 spiro atoms. The maximum atomic E-state index is 9.09. The number of hydrogen-bond acceptors (Lipinski definition) is 6. The van der Waals surface area contributed by atoms with Crippen molar-refractivity contribution in [3.05, 3.63) is 65.8 Å². The number of piperidine rings is 1. The monoisotopic (exact) mass is 359 g/mol. The normalized spacial score (nSPS) is 20.3. The summed E-state index contributed by atoms with van der Waals surface area (Å²) < 4.78 is 5.63. The van der Waals surface area contributed by atoms with Gasteiger partial charge in [-0.3, -0.25) is 9.88 Å². The molecule has 1 aliphatic heterocycles. The average Bonchev–Trinajstić information content (AvgIpc) is 3.19. The van der Waals surface area contributed by atoms with E-state index in [2.05, 4.69) is 33.0 Å². The van der Waals surface area contributed by atoms with Crippen LogP contribution in [0.3, 0.4) is 0 Å². The van der Waals surface area contributed by atoms with Crippen LogP contribution in [0.15, 0.2) is 53.2 Å². The van der Waals surface area contributed by atoms with Crippen molar-refractivity contribution >= 4 is 0 Å². The van der Waals surface area contributed by atoms with E-state index in [1.807, 2.05) is 36.5 Å². The molecule has 1 fully saturated rings. The quantitative estimate of drug-likeness (QED) is 0.701. The second kappa shape index (κ2) is 7.68. The third-order valence-corrected chi connectivity index (χ3v) is 4.99. The summed E-state index contributed by atoms with van der Waals surface area (Å²) in [5.74, 6) is 1.79. The van der Waals surface area contributed by atoms with Gasteiger partial charge in [0.2, 0.25) is 11.7 Å². The van der Waals surface area contributed by atoms with Crippen LogP contribution in [-0.2, 0) is 6.54 Å². The van der Waals surface area contributed by atoms with E-state index in [1.54, 1.807) is 12.1 Å². The van der Waals surface area contributed by atoms with Gasteiger partial charge in [-0.05, 0) is 43.0 Å². The SMILES string of the molecule is CC1CCC(c2nc(-c3cccc(C#N)c3)no2)N(Cc2ccccn2)C1. The number of aromatic nitrogens is 3. The van der Waals surface area contributed by atoms with Crippen LogP contribution in [0.2, 0.25) is 0 Å². The number of hydrogen-bond donors (Lipinski definition) is 0. The average molecular weight is 359 g/mol. The zero-order valence-corrected chi connectivity index (χ0v) is 15.2. The summed E-state index contributed by atoms with van der Waals surface area (Å²) in [4.78, 5) is 11.5. The zero-order valence-electron chi connectivity index (χ0n) is 15.2. The fourth-order valence-corrected chi connectivity index (χ4v) is 3.61. The lowest BCUT2D eigenvalue weighted by atomic mass is 9.94. The standard InChI is InChI=1S/C21H21N5O/c1-15-8-9-19(26(13-15)14-18-7-2-3-10-23-18)21-24-20(25-27-21)17-6-4-5-16(11-17)12-22/h2-7,10-11,15,19H,8-9,13-14H2,1H3. The van der Waals surface area contributed by atoms with E-state index in [-0.39, 0.29) is 6.04 Å². The second-order valence-electron chi connectivity index (χ2n) is 7.10. The van der Waals surface area contributed by atoms with Gasteiger partial charge < -0.3 is 4.52 Å². The van der Waals surface area contributed by atoms with E-state index >= 15 is 0 Å². The molecular formula is C21H21N5O. The molecule has 1 saturated heterocycles. The number of nitriles is 1. The summed E-state index contributed by atoms with van der Waals surface area (Å²) in [5, 5.41) is 13.3. The topological polar surface area (TPSA) is 78.8 Å². The van der Waals surface area contributed by atoms with Gasteiger partial charge in [0.05, 0.1) is 23.4 Å². The maximum Gasteiger partial charge on any atom is 0.244 e.